The molecule has 1 fully saturated rings. The van der Waals surface area contributed by atoms with Gasteiger partial charge in [0.1, 0.15) is 11.6 Å². The van der Waals surface area contributed by atoms with Crippen LogP contribution in [-0.4, -0.2) is 36.2 Å². The van der Waals surface area contributed by atoms with Crippen LogP contribution in [0.4, 0.5) is 4.39 Å². The Balaban J connectivity index is 0.00000200. The van der Waals surface area contributed by atoms with Gasteiger partial charge in [0.05, 0.1) is 0 Å². The van der Waals surface area contributed by atoms with Gasteiger partial charge in [0.15, 0.2) is 0 Å². The summed E-state index contributed by atoms with van der Waals surface area (Å²) in [5.41, 5.74) is 1.11. The molecule has 0 radical (unpaired) electrons. The maximum absolute atomic E-state index is 14.1. The third kappa shape index (κ3) is 4.58. The van der Waals surface area contributed by atoms with Crippen molar-refractivity contribution < 1.29 is 9.50 Å². The molecule has 6 heteroatoms. The molecule has 1 atom stereocenters. The zero-order chi connectivity index (χ0) is 13.8. The lowest BCUT2D eigenvalue weighted by Crippen LogP contribution is -2.45. The van der Waals surface area contributed by atoms with Gasteiger partial charge in [0.2, 0.25) is 0 Å². The number of aromatic hydroxyl groups is 1. The van der Waals surface area contributed by atoms with E-state index in [4.69, 9.17) is 0 Å². The topological polar surface area (TPSA) is 35.5 Å². The lowest BCUT2D eigenvalue weighted by atomic mass is 9.97. The van der Waals surface area contributed by atoms with Gasteiger partial charge in [-0.05, 0) is 25.0 Å². The normalized spacial score (nSPS) is 16.5. The van der Waals surface area contributed by atoms with Crippen molar-refractivity contribution >= 4 is 24.8 Å². The van der Waals surface area contributed by atoms with Gasteiger partial charge in [-0.3, -0.25) is 4.90 Å². The molecule has 2 N–H and O–H groups in total. The SMILES string of the molecule is C=CC[C@@H](c1c(F)ccc(C)c1O)N1CCNCC1.Cl.Cl. The molecule has 120 valence electrons. The van der Waals surface area contributed by atoms with E-state index < -0.39 is 0 Å². The van der Waals surface area contributed by atoms with Crippen LogP contribution in [0.5, 0.6) is 5.75 Å². The Bertz CT molecular complexity index is 465. The first kappa shape index (κ1) is 20.2. The highest BCUT2D eigenvalue weighted by molar-refractivity contribution is 5.85. The molecular weight excluding hydrogens is 314 g/mol. The molecule has 0 bridgehead atoms. The van der Waals surface area contributed by atoms with E-state index in [0.717, 1.165) is 26.2 Å². The van der Waals surface area contributed by atoms with Crippen LogP contribution < -0.4 is 5.32 Å². The van der Waals surface area contributed by atoms with Gasteiger partial charge in [-0.15, -0.1) is 31.4 Å². The molecule has 0 aliphatic carbocycles. The summed E-state index contributed by atoms with van der Waals surface area (Å²) in [4.78, 5) is 2.20. The zero-order valence-electron chi connectivity index (χ0n) is 12.1. The lowest BCUT2D eigenvalue weighted by molar-refractivity contribution is 0.168. The van der Waals surface area contributed by atoms with E-state index >= 15 is 0 Å². The van der Waals surface area contributed by atoms with E-state index in [9.17, 15) is 9.50 Å². The lowest BCUT2D eigenvalue weighted by Gasteiger charge is -2.35. The van der Waals surface area contributed by atoms with Gasteiger partial charge in [-0.25, -0.2) is 4.39 Å². The summed E-state index contributed by atoms with van der Waals surface area (Å²) < 4.78 is 14.1. The number of hydrogen-bond donors (Lipinski definition) is 2. The van der Waals surface area contributed by atoms with Crippen molar-refractivity contribution in [2.45, 2.75) is 19.4 Å². The molecule has 0 aromatic heterocycles. The Labute approximate surface area is 138 Å². The molecule has 0 unspecified atom stereocenters. The van der Waals surface area contributed by atoms with Crippen LogP contribution in [0.3, 0.4) is 0 Å². The van der Waals surface area contributed by atoms with Crippen LogP contribution in [0.25, 0.3) is 0 Å². The predicted molar refractivity (Wildman–Crippen MR) is 89.3 cm³/mol. The summed E-state index contributed by atoms with van der Waals surface area (Å²) in [5.74, 6) is -0.265. The maximum Gasteiger partial charge on any atom is 0.131 e. The van der Waals surface area contributed by atoms with E-state index in [-0.39, 0.29) is 42.4 Å². The van der Waals surface area contributed by atoms with Crippen LogP contribution in [-0.2, 0) is 0 Å². The number of phenolic OH excluding ortho intramolecular Hbond substituents is 1. The van der Waals surface area contributed by atoms with Crippen molar-refractivity contribution in [3.63, 3.8) is 0 Å². The Morgan fingerprint density at radius 1 is 1.38 bits per heavy atom. The van der Waals surface area contributed by atoms with Crippen molar-refractivity contribution in [1.82, 2.24) is 10.2 Å². The second kappa shape index (κ2) is 9.26. The third-order valence-electron chi connectivity index (χ3n) is 3.68. The second-order valence-corrected chi connectivity index (χ2v) is 4.95. The Morgan fingerprint density at radius 2 is 2.00 bits per heavy atom. The van der Waals surface area contributed by atoms with Crippen LogP contribution in [0, 0.1) is 12.7 Å². The highest BCUT2D eigenvalue weighted by Gasteiger charge is 2.26. The summed E-state index contributed by atoms with van der Waals surface area (Å²) in [7, 11) is 0. The Kier molecular flexibility index (Phi) is 8.90. The molecule has 0 saturated carbocycles. The molecule has 1 aliphatic rings. The van der Waals surface area contributed by atoms with Gasteiger partial charge in [0.25, 0.3) is 0 Å². The van der Waals surface area contributed by atoms with E-state index in [1.54, 1.807) is 19.1 Å². The van der Waals surface area contributed by atoms with Crippen LogP contribution in [0.1, 0.15) is 23.6 Å². The molecule has 21 heavy (non-hydrogen) atoms. The largest absolute Gasteiger partial charge is 0.507 e. The number of aryl methyl sites for hydroxylation is 1. The first-order chi connectivity index (χ1) is 9.15. The quantitative estimate of drug-likeness (QED) is 0.829. The van der Waals surface area contributed by atoms with Gasteiger partial charge < -0.3 is 10.4 Å². The number of benzene rings is 1. The maximum atomic E-state index is 14.1. The summed E-state index contributed by atoms with van der Waals surface area (Å²) in [5, 5.41) is 13.5. The standard InChI is InChI=1S/C15H21FN2O.2ClH/c1-3-4-13(18-9-7-17-8-10-18)14-12(16)6-5-11(2)15(14)19;;/h3,5-6,13,17,19H,1,4,7-10H2,2H3;2*1H/t13-;;/m0../s1. The van der Waals surface area contributed by atoms with E-state index in [2.05, 4.69) is 16.8 Å². The van der Waals surface area contributed by atoms with E-state index in [1.165, 1.54) is 6.07 Å². The van der Waals surface area contributed by atoms with Crippen molar-refractivity contribution in [3.8, 4) is 5.75 Å². The number of nitrogens with one attached hydrogen (secondary N) is 1. The minimum Gasteiger partial charge on any atom is -0.507 e. The van der Waals surface area contributed by atoms with Crippen molar-refractivity contribution in [1.29, 1.82) is 0 Å². The highest BCUT2D eigenvalue weighted by Crippen LogP contribution is 2.35. The van der Waals surface area contributed by atoms with Crippen LogP contribution in [0.2, 0.25) is 0 Å². The summed E-state index contributed by atoms with van der Waals surface area (Å²) >= 11 is 0. The van der Waals surface area contributed by atoms with Crippen molar-refractivity contribution in [2.24, 2.45) is 0 Å². The van der Waals surface area contributed by atoms with E-state index in [1.807, 2.05) is 0 Å². The number of rotatable bonds is 4. The number of phenols is 1. The molecule has 3 nitrogen and oxygen atoms in total. The number of piperazine rings is 1. The molecular formula is C15H23Cl2FN2O. The minimum absolute atomic E-state index is 0. The Morgan fingerprint density at radius 3 is 2.57 bits per heavy atom. The fourth-order valence-corrected chi connectivity index (χ4v) is 2.61. The molecule has 1 heterocycles. The average molecular weight is 337 g/mol. The van der Waals surface area contributed by atoms with Crippen molar-refractivity contribution in [2.75, 3.05) is 26.2 Å². The molecule has 0 spiro atoms. The molecule has 0 amide bonds. The third-order valence-corrected chi connectivity index (χ3v) is 3.68. The number of hydrogen-bond acceptors (Lipinski definition) is 3. The van der Waals surface area contributed by atoms with E-state index in [0.29, 0.717) is 17.5 Å². The number of halogens is 3. The minimum atomic E-state index is -0.339. The molecule has 2 rings (SSSR count). The first-order valence-corrected chi connectivity index (χ1v) is 6.68. The molecule has 1 aromatic rings. The Hall–Kier alpha value is -0.810. The van der Waals surface area contributed by atoms with Crippen LogP contribution in [0.15, 0.2) is 24.8 Å². The predicted octanol–water partition coefficient (Wildman–Crippen LogP) is 3.21. The monoisotopic (exact) mass is 336 g/mol. The fourth-order valence-electron chi connectivity index (χ4n) is 2.61. The summed E-state index contributed by atoms with van der Waals surface area (Å²) in [6, 6.07) is 2.90. The van der Waals surface area contributed by atoms with Gasteiger partial charge in [-0.1, -0.05) is 12.1 Å². The van der Waals surface area contributed by atoms with Gasteiger partial charge in [-0.2, -0.15) is 0 Å². The molecule has 1 aliphatic heterocycles. The fraction of sp³-hybridized carbons (Fsp3) is 0.467. The van der Waals surface area contributed by atoms with Crippen LogP contribution >= 0.6 is 24.8 Å². The second-order valence-electron chi connectivity index (χ2n) is 4.95. The van der Waals surface area contributed by atoms with Gasteiger partial charge >= 0.3 is 0 Å². The van der Waals surface area contributed by atoms with Crippen molar-refractivity contribution in [3.05, 3.63) is 41.7 Å². The highest BCUT2D eigenvalue weighted by atomic mass is 35.5. The summed E-state index contributed by atoms with van der Waals surface area (Å²) in [6.45, 7) is 9.04. The molecule has 1 aromatic carbocycles. The smallest absolute Gasteiger partial charge is 0.131 e. The summed E-state index contributed by atoms with van der Waals surface area (Å²) in [6.07, 6.45) is 2.42. The first-order valence-electron chi connectivity index (χ1n) is 6.68. The number of nitrogens with zero attached hydrogens (tertiary/aromatic N) is 1. The van der Waals surface area contributed by atoms with Gasteiger partial charge in [0, 0.05) is 37.8 Å². The zero-order valence-corrected chi connectivity index (χ0v) is 13.8. The average Bonchev–Trinajstić information content (AvgIpc) is 2.43. The molecule has 1 saturated heterocycles.